The molecule has 96 valence electrons. The molecule has 1 atom stereocenters. The molecule has 1 N–H and O–H groups in total. The monoisotopic (exact) mass is 259 g/mol. The molecular weight excluding hydrogens is 242 g/mol. The van der Waals surface area contributed by atoms with Gasteiger partial charge in [0.05, 0.1) is 18.1 Å². The van der Waals surface area contributed by atoms with Crippen LogP contribution < -0.4 is 9.46 Å². The minimum atomic E-state index is -3.48. The molecule has 0 spiro atoms. The van der Waals surface area contributed by atoms with Crippen molar-refractivity contribution in [3.05, 3.63) is 24.3 Å². The Balaban J connectivity index is 2.75. The van der Waals surface area contributed by atoms with Gasteiger partial charge in [0, 0.05) is 13.7 Å². The van der Waals surface area contributed by atoms with E-state index in [0.717, 1.165) is 0 Å². The van der Waals surface area contributed by atoms with E-state index in [4.69, 9.17) is 9.47 Å². The third-order valence-corrected chi connectivity index (χ3v) is 3.77. The maximum Gasteiger partial charge on any atom is 0.240 e. The summed E-state index contributed by atoms with van der Waals surface area (Å²) < 4.78 is 36.1. The summed E-state index contributed by atoms with van der Waals surface area (Å²) in [5, 5.41) is 0. The van der Waals surface area contributed by atoms with Crippen LogP contribution in [0.4, 0.5) is 0 Å². The molecule has 0 saturated carbocycles. The summed E-state index contributed by atoms with van der Waals surface area (Å²) in [6.45, 7) is 2.03. The number of ether oxygens (including phenoxy) is 2. The second-order valence-corrected chi connectivity index (χ2v) is 5.34. The van der Waals surface area contributed by atoms with Crippen molar-refractivity contribution in [1.29, 1.82) is 0 Å². The van der Waals surface area contributed by atoms with E-state index in [1.54, 1.807) is 19.1 Å². The van der Waals surface area contributed by atoms with E-state index in [2.05, 4.69) is 4.72 Å². The second-order valence-electron chi connectivity index (χ2n) is 3.57. The highest BCUT2D eigenvalue weighted by Crippen LogP contribution is 2.15. The first-order valence-corrected chi connectivity index (χ1v) is 6.64. The van der Waals surface area contributed by atoms with Gasteiger partial charge in [-0.05, 0) is 31.2 Å². The quantitative estimate of drug-likeness (QED) is 0.828. The highest BCUT2D eigenvalue weighted by molar-refractivity contribution is 7.89. The molecule has 17 heavy (non-hydrogen) atoms. The second kappa shape index (κ2) is 6.00. The van der Waals surface area contributed by atoms with Gasteiger partial charge in [-0.15, -0.1) is 0 Å². The van der Waals surface area contributed by atoms with E-state index in [0.29, 0.717) is 5.75 Å². The molecule has 1 unspecified atom stereocenters. The summed E-state index contributed by atoms with van der Waals surface area (Å²) in [6.07, 6.45) is -0.164. The van der Waals surface area contributed by atoms with Crippen LogP contribution >= 0.6 is 0 Å². The van der Waals surface area contributed by atoms with Gasteiger partial charge in [0.15, 0.2) is 0 Å². The van der Waals surface area contributed by atoms with Crippen LogP contribution in [0.1, 0.15) is 6.92 Å². The minimum absolute atomic E-state index is 0.164. The van der Waals surface area contributed by atoms with E-state index in [9.17, 15) is 8.42 Å². The fraction of sp³-hybridized carbons (Fsp3) is 0.455. The Hall–Kier alpha value is -1.11. The SMILES string of the molecule is COc1ccc(S(=O)(=O)NCC(C)OC)cc1. The smallest absolute Gasteiger partial charge is 0.240 e. The van der Waals surface area contributed by atoms with E-state index >= 15 is 0 Å². The zero-order chi connectivity index (χ0) is 12.9. The summed E-state index contributed by atoms with van der Waals surface area (Å²) in [5.74, 6) is 0.620. The minimum Gasteiger partial charge on any atom is -0.497 e. The van der Waals surface area contributed by atoms with Crippen LogP contribution in [-0.2, 0) is 14.8 Å². The van der Waals surface area contributed by atoms with Crippen LogP contribution in [0.3, 0.4) is 0 Å². The molecule has 5 nitrogen and oxygen atoms in total. The molecule has 0 aliphatic rings. The summed E-state index contributed by atoms with van der Waals surface area (Å²) in [6, 6.07) is 6.21. The van der Waals surface area contributed by atoms with Crippen LogP contribution in [0.5, 0.6) is 5.75 Å². The summed E-state index contributed by atoms with van der Waals surface area (Å²) in [4.78, 5) is 0.210. The Kier molecular flexibility index (Phi) is 4.92. The number of rotatable bonds is 6. The lowest BCUT2D eigenvalue weighted by atomic mass is 10.3. The lowest BCUT2D eigenvalue weighted by Crippen LogP contribution is -2.31. The van der Waals surface area contributed by atoms with Crippen molar-refractivity contribution in [2.75, 3.05) is 20.8 Å². The van der Waals surface area contributed by atoms with Crippen LogP contribution in [0.2, 0.25) is 0 Å². The molecule has 1 aromatic rings. The lowest BCUT2D eigenvalue weighted by molar-refractivity contribution is 0.122. The van der Waals surface area contributed by atoms with Crippen LogP contribution in [0, 0.1) is 0 Å². The first-order valence-electron chi connectivity index (χ1n) is 5.16. The standard InChI is InChI=1S/C11H17NO4S/c1-9(15-2)8-12-17(13,14)11-6-4-10(16-3)5-7-11/h4-7,9,12H,8H2,1-3H3. The average Bonchev–Trinajstić information content (AvgIpc) is 2.36. The Labute approximate surface area is 102 Å². The van der Waals surface area contributed by atoms with Crippen LogP contribution in [0.15, 0.2) is 29.2 Å². The molecule has 0 bridgehead atoms. The molecule has 0 saturated heterocycles. The Morgan fingerprint density at radius 2 is 1.82 bits per heavy atom. The maximum atomic E-state index is 11.8. The molecule has 0 fully saturated rings. The fourth-order valence-electron chi connectivity index (χ4n) is 1.15. The molecule has 0 heterocycles. The first kappa shape index (κ1) is 14.0. The third-order valence-electron chi connectivity index (χ3n) is 2.33. The molecule has 0 aliphatic heterocycles. The number of nitrogens with one attached hydrogen (secondary N) is 1. The van der Waals surface area contributed by atoms with Crippen molar-refractivity contribution < 1.29 is 17.9 Å². The molecule has 1 rings (SSSR count). The van der Waals surface area contributed by atoms with E-state index < -0.39 is 10.0 Å². The first-order chi connectivity index (χ1) is 7.99. The van der Waals surface area contributed by atoms with Crippen LogP contribution in [-0.4, -0.2) is 35.3 Å². The molecule has 0 aliphatic carbocycles. The number of hydrogen-bond donors (Lipinski definition) is 1. The van der Waals surface area contributed by atoms with Gasteiger partial charge in [0.25, 0.3) is 0 Å². The number of methoxy groups -OCH3 is 2. The van der Waals surface area contributed by atoms with Gasteiger partial charge in [-0.3, -0.25) is 0 Å². The van der Waals surface area contributed by atoms with Gasteiger partial charge in [0.2, 0.25) is 10.0 Å². The summed E-state index contributed by atoms with van der Waals surface area (Å²) in [5.41, 5.74) is 0. The fourth-order valence-corrected chi connectivity index (χ4v) is 2.26. The number of hydrogen-bond acceptors (Lipinski definition) is 4. The van der Waals surface area contributed by atoms with E-state index in [1.165, 1.54) is 26.4 Å². The van der Waals surface area contributed by atoms with Gasteiger partial charge in [0.1, 0.15) is 5.75 Å². The van der Waals surface area contributed by atoms with Gasteiger partial charge < -0.3 is 9.47 Å². The molecule has 0 radical (unpaired) electrons. The van der Waals surface area contributed by atoms with Gasteiger partial charge in [-0.1, -0.05) is 0 Å². The zero-order valence-corrected chi connectivity index (χ0v) is 11.0. The predicted octanol–water partition coefficient (Wildman–Crippen LogP) is 1.01. The highest BCUT2D eigenvalue weighted by atomic mass is 32.2. The topological polar surface area (TPSA) is 64.6 Å². The molecule has 0 aromatic heterocycles. The van der Waals surface area contributed by atoms with Crippen molar-refractivity contribution >= 4 is 10.0 Å². The number of sulfonamides is 1. The third kappa shape index (κ3) is 3.99. The molecule has 6 heteroatoms. The summed E-state index contributed by atoms with van der Waals surface area (Å²) in [7, 11) is -0.412. The lowest BCUT2D eigenvalue weighted by Gasteiger charge is -2.11. The van der Waals surface area contributed by atoms with Crippen molar-refractivity contribution in [3.8, 4) is 5.75 Å². The average molecular weight is 259 g/mol. The highest BCUT2D eigenvalue weighted by Gasteiger charge is 2.14. The van der Waals surface area contributed by atoms with Crippen molar-refractivity contribution in [2.45, 2.75) is 17.9 Å². The van der Waals surface area contributed by atoms with E-state index in [1.807, 2.05) is 0 Å². The Bertz CT molecular complexity index is 441. The van der Waals surface area contributed by atoms with Crippen molar-refractivity contribution in [3.63, 3.8) is 0 Å². The van der Waals surface area contributed by atoms with Gasteiger partial charge >= 0.3 is 0 Å². The summed E-state index contributed by atoms with van der Waals surface area (Å²) >= 11 is 0. The van der Waals surface area contributed by atoms with Crippen molar-refractivity contribution in [1.82, 2.24) is 4.72 Å². The van der Waals surface area contributed by atoms with Crippen molar-refractivity contribution in [2.24, 2.45) is 0 Å². The normalized spacial score (nSPS) is 13.4. The maximum absolute atomic E-state index is 11.8. The molecule has 1 aromatic carbocycles. The largest absolute Gasteiger partial charge is 0.497 e. The van der Waals surface area contributed by atoms with E-state index in [-0.39, 0.29) is 17.5 Å². The van der Waals surface area contributed by atoms with Gasteiger partial charge in [-0.25, -0.2) is 13.1 Å². The van der Waals surface area contributed by atoms with Gasteiger partial charge in [-0.2, -0.15) is 0 Å². The Morgan fingerprint density at radius 3 is 2.29 bits per heavy atom. The Morgan fingerprint density at radius 1 is 1.24 bits per heavy atom. The van der Waals surface area contributed by atoms with Crippen LogP contribution in [0.25, 0.3) is 0 Å². The molecule has 0 amide bonds. The predicted molar refractivity (Wildman–Crippen MR) is 64.7 cm³/mol. The number of benzene rings is 1. The molecular formula is C11H17NO4S. The zero-order valence-electron chi connectivity index (χ0n) is 10.1.